The molecule has 0 radical (unpaired) electrons. The maximum Gasteiger partial charge on any atom is 0.279 e. The van der Waals surface area contributed by atoms with Gasteiger partial charge in [0, 0.05) is 28.6 Å². The second kappa shape index (κ2) is 5.81. The normalized spacial score (nSPS) is 12.8. The molecule has 1 aliphatic rings. The van der Waals surface area contributed by atoms with Gasteiger partial charge in [0.2, 0.25) is 0 Å². The highest BCUT2D eigenvalue weighted by molar-refractivity contribution is 6.24. The Morgan fingerprint density at radius 2 is 1.92 bits per heavy atom. The van der Waals surface area contributed by atoms with Crippen LogP contribution in [0, 0.1) is 0 Å². The molecular formula is C18H13N5O2. The van der Waals surface area contributed by atoms with Gasteiger partial charge in [-0.05, 0) is 17.7 Å². The third kappa shape index (κ3) is 2.26. The van der Waals surface area contributed by atoms with Crippen molar-refractivity contribution in [2.24, 2.45) is 10.1 Å². The second-order valence-electron chi connectivity index (χ2n) is 5.63. The number of azide groups is 1. The highest BCUT2D eigenvalue weighted by atomic mass is 16.3. The number of hydrogen-bond acceptors (Lipinski definition) is 3. The van der Waals surface area contributed by atoms with Crippen molar-refractivity contribution >= 4 is 22.4 Å². The van der Waals surface area contributed by atoms with Crippen molar-refractivity contribution in [1.82, 2.24) is 4.57 Å². The van der Waals surface area contributed by atoms with Crippen LogP contribution in [0.5, 0.6) is 5.88 Å². The quantitative estimate of drug-likeness (QED) is 0.449. The molecule has 0 atom stereocenters. The summed E-state index contributed by atoms with van der Waals surface area (Å²) < 4.78 is 1.65. The van der Waals surface area contributed by atoms with E-state index >= 15 is 0 Å². The largest absolute Gasteiger partial charge is 0.494 e. The third-order valence-corrected chi connectivity index (χ3v) is 4.29. The number of nitrogens with zero attached hydrogens (tertiary/aromatic N) is 5. The molecule has 1 N–H and O–H groups in total. The van der Waals surface area contributed by atoms with E-state index in [1.54, 1.807) is 10.6 Å². The second-order valence-corrected chi connectivity index (χ2v) is 5.63. The number of fused-ring (bicyclic) bond motifs is 2. The Kier molecular flexibility index (Phi) is 3.48. The molecule has 1 aliphatic heterocycles. The number of benzene rings is 2. The van der Waals surface area contributed by atoms with Gasteiger partial charge in [-0.3, -0.25) is 4.79 Å². The smallest absolute Gasteiger partial charge is 0.279 e. The zero-order chi connectivity index (χ0) is 17.4. The van der Waals surface area contributed by atoms with Crippen LogP contribution < -0.4 is 10.6 Å². The lowest BCUT2D eigenvalue weighted by Gasteiger charge is -2.05. The van der Waals surface area contributed by atoms with E-state index in [0.717, 1.165) is 10.9 Å². The molecule has 7 nitrogen and oxygen atoms in total. The van der Waals surface area contributed by atoms with E-state index in [9.17, 15) is 9.90 Å². The summed E-state index contributed by atoms with van der Waals surface area (Å²) in [6.45, 7) is 0.517. The molecule has 7 heteroatoms. The van der Waals surface area contributed by atoms with E-state index in [-0.39, 0.29) is 18.3 Å². The van der Waals surface area contributed by atoms with Crippen molar-refractivity contribution in [2.45, 2.75) is 6.54 Å². The van der Waals surface area contributed by atoms with Crippen LogP contribution in [-0.4, -0.2) is 22.1 Å². The van der Waals surface area contributed by atoms with Gasteiger partial charge >= 0.3 is 0 Å². The number of hydrogen-bond donors (Lipinski definition) is 1. The van der Waals surface area contributed by atoms with Gasteiger partial charge in [-0.25, -0.2) is 4.99 Å². The zero-order valence-corrected chi connectivity index (χ0v) is 13.1. The fourth-order valence-corrected chi connectivity index (χ4v) is 3.26. The summed E-state index contributed by atoms with van der Waals surface area (Å²) in [7, 11) is 0. The minimum atomic E-state index is -0.366. The molecule has 25 heavy (non-hydrogen) atoms. The number of aromatic nitrogens is 1. The zero-order valence-electron chi connectivity index (χ0n) is 13.1. The number of para-hydroxylation sites is 2. The molecule has 122 valence electrons. The highest BCUT2D eigenvalue weighted by Gasteiger charge is 2.26. The minimum absolute atomic E-state index is 0.0235. The highest BCUT2D eigenvalue weighted by Crippen LogP contribution is 2.36. The van der Waals surface area contributed by atoms with E-state index in [4.69, 9.17) is 5.53 Å². The van der Waals surface area contributed by atoms with Gasteiger partial charge in [-0.15, -0.1) is 0 Å². The van der Waals surface area contributed by atoms with Crippen molar-refractivity contribution < 1.29 is 9.90 Å². The van der Waals surface area contributed by atoms with Gasteiger partial charge in [0.1, 0.15) is 0 Å². The SMILES string of the molecule is [N-]=[N+]=NCCn1c(O)c(C2=c3ccccc3=NC2=O)c2ccccc21. The van der Waals surface area contributed by atoms with Crippen LogP contribution in [-0.2, 0) is 11.3 Å². The van der Waals surface area contributed by atoms with Crippen molar-refractivity contribution in [3.05, 3.63) is 75.1 Å². The molecule has 2 heterocycles. The van der Waals surface area contributed by atoms with Gasteiger partial charge in [-0.1, -0.05) is 41.5 Å². The Morgan fingerprint density at radius 3 is 2.76 bits per heavy atom. The lowest BCUT2D eigenvalue weighted by atomic mass is 10.0. The molecule has 3 aromatic rings. The molecule has 0 unspecified atom stereocenters. The number of rotatable bonds is 4. The molecule has 1 aromatic heterocycles. The number of carbonyl (C=O) groups excluding carboxylic acids is 1. The maximum atomic E-state index is 12.5. The first-order chi connectivity index (χ1) is 12.2. The lowest BCUT2D eigenvalue weighted by Crippen LogP contribution is -2.22. The van der Waals surface area contributed by atoms with Crippen molar-refractivity contribution in [3.63, 3.8) is 0 Å². The molecule has 0 aliphatic carbocycles. The van der Waals surface area contributed by atoms with Gasteiger partial charge in [0.25, 0.3) is 5.91 Å². The lowest BCUT2D eigenvalue weighted by molar-refractivity contribution is -0.112. The monoisotopic (exact) mass is 331 g/mol. The molecule has 0 saturated heterocycles. The van der Waals surface area contributed by atoms with E-state index in [1.807, 2.05) is 42.5 Å². The topological polar surface area (TPSA) is 103 Å². The molecule has 0 bridgehead atoms. The molecule has 0 fully saturated rings. The van der Waals surface area contributed by atoms with Crippen molar-refractivity contribution in [1.29, 1.82) is 0 Å². The van der Waals surface area contributed by atoms with Crippen LogP contribution in [0.1, 0.15) is 5.56 Å². The summed E-state index contributed by atoms with van der Waals surface area (Å²) >= 11 is 0. The number of carbonyl (C=O) groups is 1. The molecule has 0 saturated carbocycles. The van der Waals surface area contributed by atoms with E-state index in [0.29, 0.717) is 28.3 Å². The molecule has 1 amide bonds. The van der Waals surface area contributed by atoms with Crippen LogP contribution in [0.25, 0.3) is 26.9 Å². The fourth-order valence-electron chi connectivity index (χ4n) is 3.26. The summed E-state index contributed by atoms with van der Waals surface area (Å²) in [6, 6.07) is 14.7. The maximum absolute atomic E-state index is 12.5. The first kappa shape index (κ1) is 15.0. The predicted octanol–water partition coefficient (Wildman–Crippen LogP) is 2.02. The average Bonchev–Trinajstić information content (AvgIpc) is 3.09. The van der Waals surface area contributed by atoms with Crippen LogP contribution in [0.15, 0.2) is 58.6 Å². The molecule has 0 spiro atoms. The Balaban J connectivity index is 2.04. The van der Waals surface area contributed by atoms with Crippen molar-refractivity contribution in [2.75, 3.05) is 6.54 Å². The standard InChI is InChI=1S/C18H13N5O2/c19-22-20-9-10-23-14-8-4-2-6-12(14)16(18(23)25)15-11-5-1-3-7-13(11)21-17(15)24/h1-8,25H,9-10H2. The summed E-state index contributed by atoms with van der Waals surface area (Å²) in [5.41, 5.74) is 10.1. The van der Waals surface area contributed by atoms with Crippen LogP contribution in [0.4, 0.5) is 0 Å². The number of amides is 1. The Bertz CT molecular complexity index is 1190. The van der Waals surface area contributed by atoms with E-state index in [2.05, 4.69) is 15.0 Å². The Morgan fingerprint density at radius 1 is 1.16 bits per heavy atom. The van der Waals surface area contributed by atoms with Gasteiger partial charge in [0.05, 0.1) is 22.0 Å². The summed E-state index contributed by atoms with van der Waals surface area (Å²) in [5, 5.41) is 16.4. The first-order valence-electron chi connectivity index (χ1n) is 7.76. The van der Waals surface area contributed by atoms with Crippen LogP contribution in [0.2, 0.25) is 0 Å². The minimum Gasteiger partial charge on any atom is -0.494 e. The summed E-state index contributed by atoms with van der Waals surface area (Å²) in [4.78, 5) is 19.3. The Hall–Kier alpha value is -3.57. The molecular weight excluding hydrogens is 318 g/mol. The molecule has 4 rings (SSSR count). The van der Waals surface area contributed by atoms with E-state index in [1.165, 1.54) is 0 Å². The Labute approximate surface area is 141 Å². The average molecular weight is 331 g/mol. The molecule has 2 aromatic carbocycles. The van der Waals surface area contributed by atoms with Crippen LogP contribution >= 0.6 is 0 Å². The van der Waals surface area contributed by atoms with Gasteiger partial charge in [0.15, 0.2) is 5.88 Å². The summed E-state index contributed by atoms with van der Waals surface area (Å²) in [5.74, 6) is -0.390. The third-order valence-electron chi connectivity index (χ3n) is 4.29. The first-order valence-corrected chi connectivity index (χ1v) is 7.76. The van der Waals surface area contributed by atoms with Crippen molar-refractivity contribution in [3.8, 4) is 5.88 Å². The van der Waals surface area contributed by atoms with E-state index < -0.39 is 0 Å². The number of aromatic hydroxyl groups is 1. The van der Waals surface area contributed by atoms with Gasteiger partial charge < -0.3 is 9.67 Å². The van der Waals surface area contributed by atoms with Crippen LogP contribution in [0.3, 0.4) is 0 Å². The summed E-state index contributed by atoms with van der Waals surface area (Å²) in [6.07, 6.45) is 0. The van der Waals surface area contributed by atoms with Gasteiger partial charge in [-0.2, -0.15) is 0 Å². The fraction of sp³-hybridized carbons (Fsp3) is 0.111. The predicted molar refractivity (Wildman–Crippen MR) is 92.4 cm³/mol.